The first-order valence-corrected chi connectivity index (χ1v) is 9.64. The molecule has 0 saturated carbocycles. The van der Waals surface area contributed by atoms with Crippen molar-refractivity contribution in [3.63, 3.8) is 0 Å². The van der Waals surface area contributed by atoms with E-state index in [2.05, 4.69) is 15.1 Å². The monoisotopic (exact) mass is 400 g/mol. The van der Waals surface area contributed by atoms with Gasteiger partial charge in [-0.1, -0.05) is 5.16 Å². The molecule has 0 aliphatic carbocycles. The van der Waals surface area contributed by atoms with Gasteiger partial charge in [0, 0.05) is 59.0 Å². The van der Waals surface area contributed by atoms with Gasteiger partial charge in [-0.3, -0.25) is 9.59 Å². The summed E-state index contributed by atoms with van der Waals surface area (Å²) in [5, 5.41) is 3.92. The van der Waals surface area contributed by atoms with E-state index >= 15 is 0 Å². The van der Waals surface area contributed by atoms with Crippen LogP contribution in [0, 0.1) is 13.8 Å². The number of hydrogen-bond donors (Lipinski definition) is 0. The average Bonchev–Trinajstić information content (AvgIpc) is 3.29. The molecule has 2 aromatic rings. The van der Waals surface area contributed by atoms with Gasteiger partial charge in [0.25, 0.3) is 5.91 Å². The second-order valence-corrected chi connectivity index (χ2v) is 7.87. The van der Waals surface area contributed by atoms with Crippen LogP contribution in [0.25, 0.3) is 0 Å². The predicted molar refractivity (Wildman–Crippen MR) is 108 cm³/mol. The zero-order chi connectivity index (χ0) is 21.3. The summed E-state index contributed by atoms with van der Waals surface area (Å²) in [5.41, 5.74) is 2.79. The molecular weight excluding hydrogens is 372 g/mol. The van der Waals surface area contributed by atoms with E-state index in [1.165, 1.54) is 4.90 Å². The molecule has 29 heavy (non-hydrogen) atoms. The largest absolute Gasteiger partial charge is 0.361 e. The lowest BCUT2D eigenvalue weighted by molar-refractivity contribution is -0.129. The second kappa shape index (κ2) is 8.18. The molecule has 9 nitrogen and oxygen atoms in total. The fraction of sp³-hybridized carbons (Fsp3) is 0.550. The van der Waals surface area contributed by atoms with Crippen LogP contribution in [0.5, 0.6) is 0 Å². The maximum absolute atomic E-state index is 12.8. The third kappa shape index (κ3) is 4.23. The van der Waals surface area contributed by atoms with Crippen molar-refractivity contribution in [1.29, 1.82) is 0 Å². The highest BCUT2D eigenvalue weighted by Crippen LogP contribution is 2.30. The van der Waals surface area contributed by atoms with Gasteiger partial charge in [0.1, 0.15) is 5.76 Å². The van der Waals surface area contributed by atoms with Crippen LogP contribution < -0.4 is 4.90 Å². The highest BCUT2D eigenvalue weighted by molar-refractivity contribution is 5.95. The molecule has 156 valence electrons. The van der Waals surface area contributed by atoms with Crippen molar-refractivity contribution in [2.24, 2.45) is 0 Å². The molecule has 0 aromatic carbocycles. The molecule has 2 aromatic heterocycles. The van der Waals surface area contributed by atoms with Crippen molar-refractivity contribution in [1.82, 2.24) is 24.9 Å². The smallest absolute Gasteiger partial charge is 0.256 e. The van der Waals surface area contributed by atoms with Crippen molar-refractivity contribution in [2.75, 3.05) is 46.2 Å². The Labute approximate surface area is 170 Å². The van der Waals surface area contributed by atoms with Crippen molar-refractivity contribution in [3.8, 4) is 0 Å². The van der Waals surface area contributed by atoms with Crippen LogP contribution in [0.4, 0.5) is 5.95 Å². The Morgan fingerprint density at radius 3 is 2.55 bits per heavy atom. The summed E-state index contributed by atoms with van der Waals surface area (Å²) in [5.74, 6) is 1.12. The molecule has 0 bridgehead atoms. The molecule has 2 amide bonds. The number of nitrogens with zero attached hydrogens (tertiary/aromatic N) is 6. The van der Waals surface area contributed by atoms with Gasteiger partial charge in [-0.25, -0.2) is 9.97 Å². The van der Waals surface area contributed by atoms with Gasteiger partial charge < -0.3 is 19.2 Å². The number of aryl methyl sites for hydroxylation is 2. The first-order valence-electron chi connectivity index (χ1n) is 9.64. The van der Waals surface area contributed by atoms with Crippen molar-refractivity contribution in [2.45, 2.75) is 32.6 Å². The van der Waals surface area contributed by atoms with Gasteiger partial charge >= 0.3 is 0 Å². The van der Waals surface area contributed by atoms with Gasteiger partial charge in [0.2, 0.25) is 11.9 Å². The van der Waals surface area contributed by atoms with Gasteiger partial charge in [-0.05, 0) is 20.3 Å². The van der Waals surface area contributed by atoms with Crippen LogP contribution in [-0.4, -0.2) is 78.0 Å². The maximum atomic E-state index is 12.8. The number of carbonyl (C=O) groups excluding carboxylic acids is 2. The minimum absolute atomic E-state index is 0.00998. The first kappa shape index (κ1) is 20.8. The number of likely N-dealkylation sites (tertiary alicyclic amines) is 1. The summed E-state index contributed by atoms with van der Waals surface area (Å²) in [6.07, 6.45) is 2.61. The van der Waals surface area contributed by atoms with Gasteiger partial charge in [-0.15, -0.1) is 0 Å². The SMILES string of the molecule is Cc1noc(C)c1CC(=O)N1CCC(c2nc(N(C)C)ncc2C(=O)N(C)C)C1. The molecule has 1 unspecified atom stereocenters. The number of carbonyl (C=O) groups is 2. The second-order valence-electron chi connectivity index (χ2n) is 7.87. The lowest BCUT2D eigenvalue weighted by Crippen LogP contribution is -2.31. The first-order chi connectivity index (χ1) is 13.7. The summed E-state index contributed by atoms with van der Waals surface area (Å²) < 4.78 is 5.16. The van der Waals surface area contributed by atoms with E-state index in [1.807, 2.05) is 37.7 Å². The molecule has 3 heterocycles. The standard InChI is InChI=1S/C20H28N6O3/c1-12-15(13(2)29-23-12)9-17(27)26-8-7-14(11-26)18-16(19(28)24(3)4)10-21-20(22-18)25(5)6/h10,14H,7-9,11H2,1-6H3. The molecule has 1 fully saturated rings. The number of aromatic nitrogens is 3. The van der Waals surface area contributed by atoms with Crippen LogP contribution in [-0.2, 0) is 11.2 Å². The summed E-state index contributed by atoms with van der Waals surface area (Å²) in [6.45, 7) is 4.82. The summed E-state index contributed by atoms with van der Waals surface area (Å²) >= 11 is 0. The third-order valence-electron chi connectivity index (χ3n) is 5.28. The minimum atomic E-state index is -0.134. The van der Waals surface area contributed by atoms with Crippen LogP contribution in [0.15, 0.2) is 10.7 Å². The van der Waals surface area contributed by atoms with E-state index in [0.717, 1.165) is 17.7 Å². The Kier molecular flexibility index (Phi) is 5.86. The highest BCUT2D eigenvalue weighted by atomic mass is 16.5. The lowest BCUT2D eigenvalue weighted by atomic mass is 9.99. The molecule has 0 radical (unpaired) electrons. The Hall–Kier alpha value is -2.97. The number of rotatable bonds is 5. The topological polar surface area (TPSA) is 95.7 Å². The van der Waals surface area contributed by atoms with Gasteiger partial charge in [0.05, 0.1) is 23.4 Å². The van der Waals surface area contributed by atoms with E-state index in [-0.39, 0.29) is 24.2 Å². The summed E-state index contributed by atoms with van der Waals surface area (Å²) in [4.78, 5) is 39.6. The minimum Gasteiger partial charge on any atom is -0.361 e. The Balaban J connectivity index is 1.82. The Morgan fingerprint density at radius 1 is 1.24 bits per heavy atom. The van der Waals surface area contributed by atoms with Crippen LogP contribution in [0.2, 0.25) is 0 Å². The fourth-order valence-electron chi connectivity index (χ4n) is 3.54. The van der Waals surface area contributed by atoms with Crippen molar-refractivity contribution >= 4 is 17.8 Å². The molecule has 9 heteroatoms. The highest BCUT2D eigenvalue weighted by Gasteiger charge is 2.32. The molecule has 3 rings (SSSR count). The van der Waals surface area contributed by atoms with E-state index in [1.54, 1.807) is 20.3 Å². The van der Waals surface area contributed by atoms with E-state index < -0.39 is 0 Å². The zero-order valence-electron chi connectivity index (χ0n) is 17.9. The van der Waals surface area contributed by atoms with E-state index in [9.17, 15) is 9.59 Å². The van der Waals surface area contributed by atoms with Crippen LogP contribution in [0.3, 0.4) is 0 Å². The maximum Gasteiger partial charge on any atom is 0.256 e. The van der Waals surface area contributed by atoms with Crippen molar-refractivity contribution < 1.29 is 14.1 Å². The molecule has 0 N–H and O–H groups in total. The normalized spacial score (nSPS) is 16.2. The molecule has 1 aliphatic rings. The Bertz CT molecular complexity index is 901. The quantitative estimate of drug-likeness (QED) is 0.749. The Morgan fingerprint density at radius 2 is 1.97 bits per heavy atom. The van der Waals surface area contributed by atoms with E-state index in [0.29, 0.717) is 36.1 Å². The van der Waals surface area contributed by atoms with Crippen LogP contribution >= 0.6 is 0 Å². The van der Waals surface area contributed by atoms with Gasteiger partial charge in [0.15, 0.2) is 0 Å². The number of amides is 2. The number of anilines is 1. The van der Waals surface area contributed by atoms with Crippen LogP contribution in [0.1, 0.15) is 45.4 Å². The summed E-state index contributed by atoms with van der Waals surface area (Å²) in [7, 11) is 7.14. The molecular formula is C20H28N6O3. The fourth-order valence-corrected chi connectivity index (χ4v) is 3.54. The van der Waals surface area contributed by atoms with Crippen molar-refractivity contribution in [3.05, 3.63) is 34.5 Å². The molecule has 1 aliphatic heterocycles. The molecule has 1 saturated heterocycles. The van der Waals surface area contributed by atoms with E-state index in [4.69, 9.17) is 4.52 Å². The lowest BCUT2D eigenvalue weighted by Gasteiger charge is -2.20. The average molecular weight is 400 g/mol. The third-order valence-corrected chi connectivity index (χ3v) is 5.28. The summed E-state index contributed by atoms with van der Waals surface area (Å²) in [6, 6.07) is 0. The van der Waals surface area contributed by atoms with Gasteiger partial charge in [-0.2, -0.15) is 0 Å². The zero-order valence-corrected chi connectivity index (χ0v) is 17.9. The molecule has 1 atom stereocenters. The predicted octanol–water partition coefficient (Wildman–Crippen LogP) is 1.41. The molecule has 0 spiro atoms. The number of hydrogen-bond acceptors (Lipinski definition) is 7.